The van der Waals surface area contributed by atoms with Gasteiger partial charge in [-0.1, -0.05) is 6.07 Å². The van der Waals surface area contributed by atoms with Crippen LogP contribution in [-0.2, 0) is 0 Å². The van der Waals surface area contributed by atoms with Gasteiger partial charge in [-0.2, -0.15) is 0 Å². The Bertz CT molecular complexity index is 259. The molecule has 0 aliphatic rings. The number of carboxylic acids is 1. The fourth-order valence-corrected chi connectivity index (χ4v) is 0.639. The molecular formula is C9H14O5. The van der Waals surface area contributed by atoms with Gasteiger partial charge in [0.1, 0.15) is 5.75 Å². The summed E-state index contributed by atoms with van der Waals surface area (Å²) in [5, 5.41) is 31.2. The second kappa shape index (κ2) is 9.50. The smallest absolute Gasteiger partial charge is 0.335 e. The fourth-order valence-electron chi connectivity index (χ4n) is 0.639. The Balaban J connectivity index is 0. The van der Waals surface area contributed by atoms with Crippen LogP contribution < -0.4 is 0 Å². The molecule has 0 aliphatic heterocycles. The van der Waals surface area contributed by atoms with E-state index in [0.29, 0.717) is 0 Å². The van der Waals surface area contributed by atoms with Gasteiger partial charge in [-0.05, 0) is 18.2 Å². The van der Waals surface area contributed by atoms with Crippen molar-refractivity contribution in [2.45, 2.75) is 0 Å². The van der Waals surface area contributed by atoms with Crippen LogP contribution >= 0.6 is 0 Å². The van der Waals surface area contributed by atoms with Crippen LogP contribution in [-0.4, -0.2) is 40.6 Å². The molecule has 80 valence electrons. The zero-order chi connectivity index (χ0) is 11.6. The first-order valence-electron chi connectivity index (χ1n) is 3.62. The van der Waals surface area contributed by atoms with Crippen LogP contribution in [0.1, 0.15) is 10.4 Å². The van der Waals surface area contributed by atoms with E-state index >= 15 is 0 Å². The number of phenolic OH excluding ortho intramolecular Hbond substituents is 1. The van der Waals surface area contributed by atoms with Crippen molar-refractivity contribution in [1.82, 2.24) is 0 Å². The molecule has 4 N–H and O–H groups in total. The van der Waals surface area contributed by atoms with Gasteiger partial charge in [0, 0.05) is 14.2 Å². The number of carboxylic acid groups (broad SMARTS) is 1. The Labute approximate surface area is 81.9 Å². The number of benzene rings is 1. The first kappa shape index (κ1) is 14.9. The van der Waals surface area contributed by atoms with E-state index < -0.39 is 5.97 Å². The highest BCUT2D eigenvalue weighted by molar-refractivity contribution is 5.87. The number of carbonyl (C=O) groups is 1. The molecule has 5 heteroatoms. The van der Waals surface area contributed by atoms with Gasteiger partial charge in [0.05, 0.1) is 5.56 Å². The highest BCUT2D eigenvalue weighted by Gasteiger charge is 2.00. The summed E-state index contributed by atoms with van der Waals surface area (Å²) in [6.07, 6.45) is 0. The molecule has 0 saturated heterocycles. The van der Waals surface area contributed by atoms with Gasteiger partial charge in [0.2, 0.25) is 0 Å². The third-order valence-corrected chi connectivity index (χ3v) is 1.09. The zero-order valence-electron chi connectivity index (χ0n) is 8.01. The minimum Gasteiger partial charge on any atom is -0.508 e. The van der Waals surface area contributed by atoms with Crippen LogP contribution in [0.3, 0.4) is 0 Å². The first-order chi connectivity index (χ1) is 6.70. The molecule has 0 fully saturated rings. The summed E-state index contributed by atoms with van der Waals surface area (Å²) >= 11 is 0. The summed E-state index contributed by atoms with van der Waals surface area (Å²) in [4.78, 5) is 10.2. The normalized spacial score (nSPS) is 7.43. The average molecular weight is 202 g/mol. The summed E-state index contributed by atoms with van der Waals surface area (Å²) in [5.74, 6) is -1.06. The number of aromatic carboxylic acids is 1. The monoisotopic (exact) mass is 202 g/mol. The predicted octanol–water partition coefficient (Wildman–Crippen LogP) is 0.307. The minimum absolute atomic E-state index is 0.0279. The van der Waals surface area contributed by atoms with Gasteiger partial charge in [0.25, 0.3) is 0 Å². The number of aliphatic hydroxyl groups excluding tert-OH is 2. The highest BCUT2D eigenvalue weighted by atomic mass is 16.4. The molecule has 1 aromatic rings. The van der Waals surface area contributed by atoms with E-state index in [1.54, 1.807) is 0 Å². The van der Waals surface area contributed by atoms with E-state index in [0.717, 1.165) is 14.2 Å². The van der Waals surface area contributed by atoms with Crippen molar-refractivity contribution in [3.8, 4) is 5.75 Å². The second-order valence-electron chi connectivity index (χ2n) is 1.86. The van der Waals surface area contributed by atoms with Crippen LogP contribution in [0.15, 0.2) is 24.3 Å². The van der Waals surface area contributed by atoms with Crippen LogP contribution in [0.25, 0.3) is 0 Å². The third kappa shape index (κ3) is 5.99. The van der Waals surface area contributed by atoms with Gasteiger partial charge in [-0.3, -0.25) is 0 Å². The molecule has 0 bridgehead atoms. The van der Waals surface area contributed by atoms with Crippen LogP contribution in [0.2, 0.25) is 0 Å². The van der Waals surface area contributed by atoms with E-state index in [4.69, 9.17) is 20.4 Å². The van der Waals surface area contributed by atoms with E-state index in [1.165, 1.54) is 24.3 Å². The van der Waals surface area contributed by atoms with E-state index in [9.17, 15) is 4.79 Å². The molecule has 0 aromatic heterocycles. The largest absolute Gasteiger partial charge is 0.508 e. The zero-order valence-corrected chi connectivity index (χ0v) is 8.01. The highest BCUT2D eigenvalue weighted by Crippen LogP contribution is 2.09. The summed E-state index contributed by atoms with van der Waals surface area (Å²) in [5.41, 5.74) is 0.0972. The predicted molar refractivity (Wildman–Crippen MR) is 51.4 cm³/mol. The minimum atomic E-state index is -1.03. The van der Waals surface area contributed by atoms with Crippen LogP contribution in [0.5, 0.6) is 5.75 Å². The standard InChI is InChI=1S/C7H6O3.2CH4O/c8-6-3-1-2-5(4-6)7(9)10;2*1-2/h1-4,8H,(H,9,10);2*2H,1H3. The maximum Gasteiger partial charge on any atom is 0.335 e. The van der Waals surface area contributed by atoms with Gasteiger partial charge in [-0.25, -0.2) is 4.79 Å². The molecule has 1 rings (SSSR count). The SMILES string of the molecule is CO.CO.O=C(O)c1cccc(O)c1. The Morgan fingerprint density at radius 2 is 1.64 bits per heavy atom. The lowest BCUT2D eigenvalue weighted by atomic mass is 10.2. The number of aliphatic hydroxyl groups is 2. The summed E-state index contributed by atoms with van der Waals surface area (Å²) in [7, 11) is 2.00. The Morgan fingerprint density at radius 1 is 1.14 bits per heavy atom. The fraction of sp³-hybridized carbons (Fsp3) is 0.222. The molecule has 0 atom stereocenters. The van der Waals surface area contributed by atoms with Crippen molar-refractivity contribution in [1.29, 1.82) is 0 Å². The molecular weight excluding hydrogens is 188 g/mol. The second-order valence-corrected chi connectivity index (χ2v) is 1.86. The van der Waals surface area contributed by atoms with Gasteiger partial charge in [0.15, 0.2) is 0 Å². The van der Waals surface area contributed by atoms with Crippen molar-refractivity contribution in [3.63, 3.8) is 0 Å². The van der Waals surface area contributed by atoms with Crippen molar-refractivity contribution >= 4 is 5.97 Å². The average Bonchev–Trinajstić information content (AvgIpc) is 2.24. The molecule has 1 aromatic carbocycles. The summed E-state index contributed by atoms with van der Waals surface area (Å²) in [6, 6.07) is 5.52. The maximum absolute atomic E-state index is 10.2. The molecule has 0 aliphatic carbocycles. The van der Waals surface area contributed by atoms with Crippen molar-refractivity contribution in [3.05, 3.63) is 29.8 Å². The van der Waals surface area contributed by atoms with Crippen molar-refractivity contribution in [2.75, 3.05) is 14.2 Å². The molecule has 0 spiro atoms. The Morgan fingerprint density at radius 3 is 1.93 bits per heavy atom. The number of aromatic hydroxyl groups is 1. The van der Waals surface area contributed by atoms with E-state index in [1.807, 2.05) is 0 Å². The first-order valence-corrected chi connectivity index (χ1v) is 3.62. The van der Waals surface area contributed by atoms with Gasteiger partial charge < -0.3 is 20.4 Å². The molecule has 0 radical (unpaired) electrons. The third-order valence-electron chi connectivity index (χ3n) is 1.09. The summed E-state index contributed by atoms with van der Waals surface area (Å²) < 4.78 is 0. The van der Waals surface area contributed by atoms with E-state index in [-0.39, 0.29) is 11.3 Å². The lowest BCUT2D eigenvalue weighted by Gasteiger charge is -1.92. The van der Waals surface area contributed by atoms with Gasteiger partial charge >= 0.3 is 5.97 Å². The lowest BCUT2D eigenvalue weighted by molar-refractivity contribution is 0.0696. The Hall–Kier alpha value is -1.59. The van der Waals surface area contributed by atoms with Crippen molar-refractivity contribution in [2.24, 2.45) is 0 Å². The molecule has 5 nitrogen and oxygen atoms in total. The van der Waals surface area contributed by atoms with Crippen molar-refractivity contribution < 1.29 is 25.2 Å². The number of hydrogen-bond donors (Lipinski definition) is 4. The van der Waals surface area contributed by atoms with Crippen LogP contribution in [0.4, 0.5) is 0 Å². The number of hydrogen-bond acceptors (Lipinski definition) is 4. The van der Waals surface area contributed by atoms with E-state index in [2.05, 4.69) is 0 Å². The van der Waals surface area contributed by atoms with Crippen LogP contribution in [0, 0.1) is 0 Å². The molecule has 0 amide bonds. The molecule has 0 heterocycles. The Kier molecular flexibility index (Phi) is 10.1. The molecule has 0 saturated carbocycles. The maximum atomic E-state index is 10.2. The number of rotatable bonds is 1. The molecule has 0 unspecified atom stereocenters. The molecule has 14 heavy (non-hydrogen) atoms. The lowest BCUT2D eigenvalue weighted by Crippen LogP contribution is -1.94. The number of phenols is 1. The topological polar surface area (TPSA) is 98.0 Å². The quantitative estimate of drug-likeness (QED) is 0.525. The summed E-state index contributed by atoms with van der Waals surface area (Å²) in [6.45, 7) is 0. The van der Waals surface area contributed by atoms with Gasteiger partial charge in [-0.15, -0.1) is 0 Å².